The molecule has 3 rings (SSSR count). The summed E-state index contributed by atoms with van der Waals surface area (Å²) in [5.41, 5.74) is 4.50. The molecule has 0 radical (unpaired) electrons. The van der Waals surface area contributed by atoms with Gasteiger partial charge < -0.3 is 4.98 Å². The maximum Gasteiger partial charge on any atom is 0.256 e. The molecule has 0 unspecified atom stereocenters. The van der Waals surface area contributed by atoms with E-state index in [2.05, 4.69) is 4.98 Å². The molecule has 1 aromatic heterocycles. The van der Waals surface area contributed by atoms with Gasteiger partial charge in [-0.3, -0.25) is 4.79 Å². The first-order chi connectivity index (χ1) is 9.75. The fourth-order valence-electron chi connectivity index (χ4n) is 2.43. The monoisotopic (exact) mass is 261 g/mol. The van der Waals surface area contributed by atoms with Crippen molar-refractivity contribution < 1.29 is 0 Å². The van der Waals surface area contributed by atoms with Crippen LogP contribution in [-0.4, -0.2) is 4.98 Å². The van der Waals surface area contributed by atoms with Crippen LogP contribution >= 0.6 is 0 Å². The van der Waals surface area contributed by atoms with E-state index in [1.807, 2.05) is 73.7 Å². The van der Waals surface area contributed by atoms with Crippen molar-refractivity contribution in [2.75, 3.05) is 0 Å². The molecular formula is C18H15NO. The van der Waals surface area contributed by atoms with Gasteiger partial charge in [-0.25, -0.2) is 0 Å². The molecule has 20 heavy (non-hydrogen) atoms. The van der Waals surface area contributed by atoms with Gasteiger partial charge in [0.05, 0.1) is 0 Å². The Balaban J connectivity index is 2.16. The predicted molar refractivity (Wildman–Crippen MR) is 82.7 cm³/mol. The van der Waals surface area contributed by atoms with Gasteiger partial charge in [-0.2, -0.15) is 0 Å². The summed E-state index contributed by atoms with van der Waals surface area (Å²) < 4.78 is 0. The van der Waals surface area contributed by atoms with E-state index in [0.29, 0.717) is 0 Å². The van der Waals surface area contributed by atoms with E-state index in [-0.39, 0.29) is 5.56 Å². The van der Waals surface area contributed by atoms with Crippen LogP contribution in [0.4, 0.5) is 0 Å². The number of aryl methyl sites for hydroxylation is 1. The summed E-state index contributed by atoms with van der Waals surface area (Å²) in [6.45, 7) is 1.98. The van der Waals surface area contributed by atoms with Crippen molar-refractivity contribution in [2.45, 2.75) is 6.92 Å². The summed E-state index contributed by atoms with van der Waals surface area (Å²) in [5.74, 6) is 0. The molecule has 2 nitrogen and oxygen atoms in total. The molecule has 0 fully saturated rings. The zero-order chi connectivity index (χ0) is 13.9. The Morgan fingerprint density at radius 2 is 1.35 bits per heavy atom. The molecule has 0 amide bonds. The first kappa shape index (κ1) is 12.4. The number of benzene rings is 2. The lowest BCUT2D eigenvalue weighted by Crippen LogP contribution is -2.11. The molecule has 0 spiro atoms. The summed E-state index contributed by atoms with van der Waals surface area (Å²) >= 11 is 0. The maximum absolute atomic E-state index is 12.4. The van der Waals surface area contributed by atoms with Gasteiger partial charge in [0.15, 0.2) is 0 Å². The van der Waals surface area contributed by atoms with Crippen molar-refractivity contribution in [3.8, 4) is 22.4 Å². The van der Waals surface area contributed by atoms with Crippen LogP contribution in [0.5, 0.6) is 0 Å². The normalized spacial score (nSPS) is 10.4. The van der Waals surface area contributed by atoms with Crippen LogP contribution in [-0.2, 0) is 0 Å². The number of aromatic amines is 1. The molecule has 0 aliphatic heterocycles. The van der Waals surface area contributed by atoms with Gasteiger partial charge in [0, 0.05) is 11.3 Å². The fourth-order valence-corrected chi connectivity index (χ4v) is 2.43. The number of H-pyrrole nitrogens is 1. The zero-order valence-corrected chi connectivity index (χ0v) is 11.3. The molecule has 1 N–H and O–H groups in total. The lowest BCUT2D eigenvalue weighted by atomic mass is 10.0. The minimum atomic E-state index is -0.0462. The highest BCUT2D eigenvalue weighted by atomic mass is 16.1. The average Bonchev–Trinajstić information content (AvgIpc) is 2.48. The molecule has 0 aliphatic rings. The quantitative estimate of drug-likeness (QED) is 0.742. The van der Waals surface area contributed by atoms with Crippen molar-refractivity contribution >= 4 is 0 Å². The third-order valence-corrected chi connectivity index (χ3v) is 3.38. The number of aromatic nitrogens is 1. The first-order valence-corrected chi connectivity index (χ1v) is 6.60. The Kier molecular flexibility index (Phi) is 3.21. The molecule has 98 valence electrons. The van der Waals surface area contributed by atoms with E-state index in [4.69, 9.17) is 0 Å². The highest BCUT2D eigenvalue weighted by Crippen LogP contribution is 2.23. The predicted octanol–water partition coefficient (Wildman–Crippen LogP) is 4.02. The molecule has 2 heteroatoms. The Morgan fingerprint density at radius 1 is 0.800 bits per heavy atom. The fraction of sp³-hybridized carbons (Fsp3) is 0.0556. The van der Waals surface area contributed by atoms with E-state index in [9.17, 15) is 4.79 Å². The van der Waals surface area contributed by atoms with Gasteiger partial charge >= 0.3 is 0 Å². The third-order valence-electron chi connectivity index (χ3n) is 3.38. The minimum Gasteiger partial charge on any atom is -0.321 e. The molecule has 0 aliphatic carbocycles. The van der Waals surface area contributed by atoms with E-state index in [0.717, 1.165) is 27.9 Å². The SMILES string of the molecule is Cc1cc(-c2ccccc2)[nH]c(=O)c1-c1ccccc1. The Morgan fingerprint density at radius 3 is 1.90 bits per heavy atom. The Labute approximate surface area is 117 Å². The highest BCUT2D eigenvalue weighted by Gasteiger charge is 2.09. The van der Waals surface area contributed by atoms with E-state index in [1.165, 1.54) is 0 Å². The lowest BCUT2D eigenvalue weighted by Gasteiger charge is -2.08. The van der Waals surface area contributed by atoms with E-state index < -0.39 is 0 Å². The van der Waals surface area contributed by atoms with Crippen molar-refractivity contribution in [3.63, 3.8) is 0 Å². The Bertz CT molecular complexity index is 774. The minimum absolute atomic E-state index is 0.0462. The summed E-state index contributed by atoms with van der Waals surface area (Å²) in [5, 5.41) is 0. The van der Waals surface area contributed by atoms with Crippen molar-refractivity contribution in [1.82, 2.24) is 4.98 Å². The van der Waals surface area contributed by atoms with Gasteiger partial charge in [0.1, 0.15) is 0 Å². The van der Waals surface area contributed by atoms with Gasteiger partial charge in [0.25, 0.3) is 5.56 Å². The molecule has 3 aromatic rings. The van der Waals surface area contributed by atoms with E-state index >= 15 is 0 Å². The second-order valence-corrected chi connectivity index (χ2v) is 4.80. The van der Waals surface area contributed by atoms with Crippen LogP contribution < -0.4 is 5.56 Å². The summed E-state index contributed by atoms with van der Waals surface area (Å²) in [7, 11) is 0. The third kappa shape index (κ3) is 2.28. The molecule has 1 heterocycles. The summed E-state index contributed by atoms with van der Waals surface area (Å²) in [4.78, 5) is 15.4. The summed E-state index contributed by atoms with van der Waals surface area (Å²) in [6.07, 6.45) is 0. The van der Waals surface area contributed by atoms with Crippen LogP contribution in [0.1, 0.15) is 5.56 Å². The molecule has 0 atom stereocenters. The first-order valence-electron chi connectivity index (χ1n) is 6.60. The van der Waals surface area contributed by atoms with Crippen LogP contribution in [0.3, 0.4) is 0 Å². The molecule has 0 saturated carbocycles. The van der Waals surface area contributed by atoms with Crippen molar-refractivity contribution in [1.29, 1.82) is 0 Å². The average molecular weight is 261 g/mol. The molecule has 0 saturated heterocycles. The standard InChI is InChI=1S/C18H15NO/c1-13-12-16(14-8-4-2-5-9-14)19-18(20)17(13)15-10-6-3-7-11-15/h2-12H,1H3,(H,19,20). The van der Waals surface area contributed by atoms with Crippen LogP contribution in [0, 0.1) is 6.92 Å². The highest BCUT2D eigenvalue weighted by molar-refractivity contribution is 5.70. The second kappa shape index (κ2) is 5.17. The number of hydrogen-bond donors (Lipinski definition) is 1. The smallest absolute Gasteiger partial charge is 0.256 e. The molecule has 0 bridgehead atoms. The Hall–Kier alpha value is -2.61. The van der Waals surface area contributed by atoms with Crippen LogP contribution in [0.15, 0.2) is 71.5 Å². The van der Waals surface area contributed by atoms with Gasteiger partial charge in [-0.1, -0.05) is 60.7 Å². The van der Waals surface area contributed by atoms with E-state index in [1.54, 1.807) is 0 Å². The molecular weight excluding hydrogens is 246 g/mol. The zero-order valence-electron chi connectivity index (χ0n) is 11.3. The second-order valence-electron chi connectivity index (χ2n) is 4.80. The molecule has 2 aromatic carbocycles. The largest absolute Gasteiger partial charge is 0.321 e. The van der Waals surface area contributed by atoms with Gasteiger partial charge in [0.2, 0.25) is 0 Å². The number of nitrogens with one attached hydrogen (secondary N) is 1. The topological polar surface area (TPSA) is 32.9 Å². The summed E-state index contributed by atoms with van der Waals surface area (Å²) in [6, 6.07) is 21.7. The van der Waals surface area contributed by atoms with Crippen LogP contribution in [0.2, 0.25) is 0 Å². The van der Waals surface area contributed by atoms with Gasteiger partial charge in [-0.05, 0) is 29.7 Å². The lowest BCUT2D eigenvalue weighted by molar-refractivity contribution is 1.21. The number of hydrogen-bond acceptors (Lipinski definition) is 1. The van der Waals surface area contributed by atoms with Crippen molar-refractivity contribution in [2.24, 2.45) is 0 Å². The number of rotatable bonds is 2. The van der Waals surface area contributed by atoms with Gasteiger partial charge in [-0.15, -0.1) is 0 Å². The van der Waals surface area contributed by atoms with Crippen LogP contribution in [0.25, 0.3) is 22.4 Å². The number of pyridine rings is 1. The van der Waals surface area contributed by atoms with Crippen molar-refractivity contribution in [3.05, 3.63) is 82.6 Å². The maximum atomic E-state index is 12.4.